The van der Waals surface area contributed by atoms with E-state index in [-0.39, 0.29) is 0 Å². The van der Waals surface area contributed by atoms with Gasteiger partial charge in [-0.25, -0.2) is 0 Å². The predicted molar refractivity (Wildman–Crippen MR) is 57.8 cm³/mol. The largest absolute Gasteiger partial charge is 0.481 e. The third-order valence-corrected chi connectivity index (χ3v) is 2.56. The van der Waals surface area contributed by atoms with Gasteiger partial charge >= 0.3 is 5.97 Å². The molecule has 0 saturated heterocycles. The molecule has 1 N–H and O–H groups in total. The Balaban J connectivity index is 2.38. The molecule has 6 heteroatoms. The molecule has 0 aromatic carbocycles. The lowest BCUT2D eigenvalue weighted by Gasteiger charge is -2.17. The second-order valence-electron chi connectivity index (χ2n) is 4.44. The number of rotatable bonds is 6. The summed E-state index contributed by atoms with van der Waals surface area (Å²) in [4.78, 5) is 12.4. The van der Waals surface area contributed by atoms with Crippen molar-refractivity contribution in [2.24, 2.45) is 5.41 Å². The molecule has 0 radical (unpaired) electrons. The molecule has 1 heterocycles. The van der Waals surface area contributed by atoms with Crippen LogP contribution in [0.4, 0.5) is 0 Å². The Morgan fingerprint density at radius 3 is 2.69 bits per heavy atom. The molecule has 16 heavy (non-hydrogen) atoms. The van der Waals surface area contributed by atoms with E-state index in [9.17, 15) is 4.79 Å². The topological polar surface area (TPSA) is 80.9 Å². The summed E-state index contributed by atoms with van der Waals surface area (Å²) in [6.45, 7) is 6.10. The third-order valence-electron chi connectivity index (χ3n) is 2.56. The highest BCUT2D eigenvalue weighted by atomic mass is 16.4. The molecule has 0 saturated carbocycles. The molecular formula is C10H18N4O2. The number of aromatic nitrogens is 4. The van der Waals surface area contributed by atoms with E-state index in [1.54, 1.807) is 13.8 Å². The zero-order chi connectivity index (χ0) is 12.2. The van der Waals surface area contributed by atoms with Gasteiger partial charge in [-0.15, -0.1) is 10.2 Å². The van der Waals surface area contributed by atoms with Crippen LogP contribution < -0.4 is 0 Å². The number of carboxylic acids is 1. The van der Waals surface area contributed by atoms with E-state index in [1.807, 2.05) is 6.92 Å². The summed E-state index contributed by atoms with van der Waals surface area (Å²) in [5, 5.41) is 20.8. The smallest absolute Gasteiger partial charge is 0.309 e. The van der Waals surface area contributed by atoms with Crippen molar-refractivity contribution in [2.75, 3.05) is 0 Å². The van der Waals surface area contributed by atoms with Crippen LogP contribution in [0.2, 0.25) is 0 Å². The summed E-state index contributed by atoms with van der Waals surface area (Å²) < 4.78 is 0. The SMILES string of the molecule is CCn1nnc(CCCC(C)(C)C(=O)O)n1. The lowest BCUT2D eigenvalue weighted by Crippen LogP contribution is -2.23. The van der Waals surface area contributed by atoms with Crippen LogP contribution in [0.3, 0.4) is 0 Å². The molecule has 1 aromatic heterocycles. The number of hydrogen-bond acceptors (Lipinski definition) is 4. The van der Waals surface area contributed by atoms with Crippen molar-refractivity contribution < 1.29 is 9.90 Å². The molecule has 0 amide bonds. The summed E-state index contributed by atoms with van der Waals surface area (Å²) in [5.41, 5.74) is -0.680. The molecule has 6 nitrogen and oxygen atoms in total. The van der Waals surface area contributed by atoms with Gasteiger partial charge in [0, 0.05) is 6.42 Å². The second-order valence-corrected chi connectivity index (χ2v) is 4.44. The molecule has 1 rings (SSSR count). The Kier molecular flexibility index (Phi) is 3.98. The highest BCUT2D eigenvalue weighted by Gasteiger charge is 2.26. The minimum Gasteiger partial charge on any atom is -0.481 e. The Morgan fingerprint density at radius 1 is 1.50 bits per heavy atom. The van der Waals surface area contributed by atoms with Gasteiger partial charge in [0.25, 0.3) is 0 Å². The molecule has 0 bridgehead atoms. The van der Waals surface area contributed by atoms with E-state index in [1.165, 1.54) is 4.80 Å². The zero-order valence-corrected chi connectivity index (χ0v) is 9.97. The Labute approximate surface area is 94.7 Å². The van der Waals surface area contributed by atoms with Crippen molar-refractivity contribution in [1.82, 2.24) is 20.2 Å². The van der Waals surface area contributed by atoms with Gasteiger partial charge < -0.3 is 5.11 Å². The number of carboxylic acid groups (broad SMARTS) is 1. The summed E-state index contributed by atoms with van der Waals surface area (Å²) in [5.74, 6) is -0.0827. The predicted octanol–water partition coefficient (Wildman–Crippen LogP) is 1.13. The van der Waals surface area contributed by atoms with Crippen molar-refractivity contribution in [1.29, 1.82) is 0 Å². The molecule has 0 unspecified atom stereocenters. The fraction of sp³-hybridized carbons (Fsp3) is 0.800. The van der Waals surface area contributed by atoms with Gasteiger partial charge in [0.1, 0.15) is 0 Å². The quantitative estimate of drug-likeness (QED) is 0.786. The first-order valence-electron chi connectivity index (χ1n) is 5.46. The standard InChI is InChI=1S/C10H18N4O2/c1-4-14-12-8(11-13-14)6-5-7-10(2,3)9(15)16/h4-7H2,1-3H3,(H,15,16). The number of carbonyl (C=O) groups is 1. The van der Waals surface area contributed by atoms with Gasteiger partial charge in [-0.2, -0.15) is 4.80 Å². The van der Waals surface area contributed by atoms with Gasteiger partial charge in [0.2, 0.25) is 0 Å². The van der Waals surface area contributed by atoms with E-state index in [2.05, 4.69) is 15.4 Å². The second kappa shape index (κ2) is 5.05. The van der Waals surface area contributed by atoms with E-state index in [0.717, 1.165) is 6.42 Å². The van der Waals surface area contributed by atoms with Crippen LogP contribution in [-0.4, -0.2) is 31.3 Å². The molecule has 0 aliphatic heterocycles. The van der Waals surface area contributed by atoms with Gasteiger partial charge in [-0.3, -0.25) is 4.79 Å². The van der Waals surface area contributed by atoms with Crippen LogP contribution in [0.1, 0.15) is 39.4 Å². The first-order valence-corrected chi connectivity index (χ1v) is 5.46. The Morgan fingerprint density at radius 2 is 2.19 bits per heavy atom. The minimum absolute atomic E-state index is 0.614. The average Bonchev–Trinajstić information content (AvgIpc) is 2.65. The third kappa shape index (κ3) is 3.29. The Hall–Kier alpha value is -1.46. The molecule has 0 aliphatic carbocycles. The van der Waals surface area contributed by atoms with E-state index >= 15 is 0 Å². The van der Waals surface area contributed by atoms with Crippen LogP contribution in [0.25, 0.3) is 0 Å². The monoisotopic (exact) mass is 226 g/mol. The van der Waals surface area contributed by atoms with Gasteiger partial charge in [0.15, 0.2) is 5.82 Å². The van der Waals surface area contributed by atoms with Gasteiger partial charge in [0.05, 0.1) is 12.0 Å². The molecular weight excluding hydrogens is 208 g/mol. The number of hydrogen-bond donors (Lipinski definition) is 1. The van der Waals surface area contributed by atoms with Crippen molar-refractivity contribution in [2.45, 2.75) is 46.6 Å². The van der Waals surface area contributed by atoms with Crippen molar-refractivity contribution in [3.63, 3.8) is 0 Å². The lowest BCUT2D eigenvalue weighted by molar-refractivity contribution is -0.147. The summed E-state index contributed by atoms with van der Waals surface area (Å²) in [6, 6.07) is 0. The normalized spacial score (nSPS) is 11.7. The summed E-state index contributed by atoms with van der Waals surface area (Å²) in [6.07, 6.45) is 2.05. The van der Waals surface area contributed by atoms with E-state index in [0.29, 0.717) is 25.2 Å². The minimum atomic E-state index is -0.766. The summed E-state index contributed by atoms with van der Waals surface area (Å²) in [7, 11) is 0. The highest BCUT2D eigenvalue weighted by molar-refractivity contribution is 5.73. The van der Waals surface area contributed by atoms with Crippen molar-refractivity contribution >= 4 is 5.97 Å². The summed E-state index contributed by atoms with van der Waals surface area (Å²) >= 11 is 0. The zero-order valence-electron chi connectivity index (χ0n) is 9.97. The van der Waals surface area contributed by atoms with E-state index in [4.69, 9.17) is 5.11 Å². The lowest BCUT2D eigenvalue weighted by atomic mass is 9.87. The number of aryl methyl sites for hydroxylation is 2. The van der Waals surface area contributed by atoms with Crippen LogP contribution in [-0.2, 0) is 17.8 Å². The van der Waals surface area contributed by atoms with Crippen LogP contribution in [0.5, 0.6) is 0 Å². The highest BCUT2D eigenvalue weighted by Crippen LogP contribution is 2.22. The molecule has 0 fully saturated rings. The first-order chi connectivity index (χ1) is 7.45. The van der Waals surface area contributed by atoms with Crippen molar-refractivity contribution in [3.05, 3.63) is 5.82 Å². The first kappa shape index (κ1) is 12.6. The fourth-order valence-electron chi connectivity index (χ4n) is 1.31. The van der Waals surface area contributed by atoms with Crippen LogP contribution >= 0.6 is 0 Å². The van der Waals surface area contributed by atoms with Gasteiger partial charge in [-0.05, 0) is 38.8 Å². The van der Waals surface area contributed by atoms with Crippen LogP contribution in [0.15, 0.2) is 0 Å². The molecule has 90 valence electrons. The van der Waals surface area contributed by atoms with Gasteiger partial charge in [-0.1, -0.05) is 0 Å². The Bertz CT molecular complexity index is 359. The maximum Gasteiger partial charge on any atom is 0.309 e. The van der Waals surface area contributed by atoms with E-state index < -0.39 is 11.4 Å². The number of nitrogens with zero attached hydrogens (tertiary/aromatic N) is 4. The molecule has 0 aliphatic rings. The molecule has 0 spiro atoms. The molecule has 0 atom stereocenters. The molecule has 1 aromatic rings. The average molecular weight is 226 g/mol. The van der Waals surface area contributed by atoms with Crippen LogP contribution in [0, 0.1) is 5.41 Å². The fourth-order valence-corrected chi connectivity index (χ4v) is 1.31. The number of aliphatic carboxylic acids is 1. The van der Waals surface area contributed by atoms with Crippen molar-refractivity contribution in [3.8, 4) is 0 Å². The maximum atomic E-state index is 10.9. The number of tetrazole rings is 1. The maximum absolute atomic E-state index is 10.9.